The van der Waals surface area contributed by atoms with E-state index in [2.05, 4.69) is 33.8 Å². The highest BCUT2D eigenvalue weighted by Crippen LogP contribution is 2.21. The van der Waals surface area contributed by atoms with Gasteiger partial charge in [-0.25, -0.2) is 0 Å². The van der Waals surface area contributed by atoms with Gasteiger partial charge in [0.05, 0.1) is 6.61 Å². The molecule has 2 aromatic rings. The van der Waals surface area contributed by atoms with E-state index >= 15 is 0 Å². The summed E-state index contributed by atoms with van der Waals surface area (Å²) in [5.74, 6) is 1.40. The molecule has 0 amide bonds. The molecule has 0 aliphatic heterocycles. The predicted octanol–water partition coefficient (Wildman–Crippen LogP) is 2.03. The molecule has 0 saturated heterocycles. The van der Waals surface area contributed by atoms with Crippen LogP contribution in [-0.2, 0) is 4.74 Å². The standard InChI is InChI=1S/C12H18ClN5O/c1-4-9(2)17(5-6-19-3)11-7-10(13)16-12-14-8-15-18(11)12/h7-9H,4-6H2,1-3H3. The highest BCUT2D eigenvalue weighted by Gasteiger charge is 2.18. The number of ether oxygens (including phenoxy) is 1. The molecule has 1 atom stereocenters. The Morgan fingerprint density at radius 2 is 2.32 bits per heavy atom. The van der Waals surface area contributed by atoms with E-state index in [0.717, 1.165) is 18.8 Å². The van der Waals surface area contributed by atoms with E-state index in [-0.39, 0.29) is 0 Å². The lowest BCUT2D eigenvalue weighted by molar-refractivity contribution is 0.203. The zero-order valence-electron chi connectivity index (χ0n) is 11.4. The van der Waals surface area contributed by atoms with Crippen LogP contribution in [0.25, 0.3) is 5.78 Å². The van der Waals surface area contributed by atoms with E-state index in [0.29, 0.717) is 23.6 Å². The maximum atomic E-state index is 6.06. The van der Waals surface area contributed by atoms with Gasteiger partial charge in [0.25, 0.3) is 5.78 Å². The van der Waals surface area contributed by atoms with Gasteiger partial charge in [-0.15, -0.1) is 0 Å². The molecule has 2 heterocycles. The van der Waals surface area contributed by atoms with Crippen molar-refractivity contribution in [1.82, 2.24) is 19.6 Å². The van der Waals surface area contributed by atoms with Gasteiger partial charge in [-0.05, 0) is 13.3 Å². The normalized spacial score (nSPS) is 12.8. The molecule has 0 bridgehead atoms. The number of aromatic nitrogens is 4. The molecule has 0 aromatic carbocycles. The summed E-state index contributed by atoms with van der Waals surface area (Å²) in [5, 5.41) is 4.63. The van der Waals surface area contributed by atoms with Gasteiger partial charge in [-0.1, -0.05) is 18.5 Å². The topological polar surface area (TPSA) is 55.5 Å². The predicted molar refractivity (Wildman–Crippen MR) is 74.8 cm³/mol. The maximum absolute atomic E-state index is 6.06. The molecular weight excluding hydrogens is 266 g/mol. The first-order chi connectivity index (χ1) is 9.17. The van der Waals surface area contributed by atoms with Gasteiger partial charge in [-0.3, -0.25) is 0 Å². The highest BCUT2D eigenvalue weighted by molar-refractivity contribution is 6.29. The molecule has 2 aromatic heterocycles. The lowest BCUT2D eigenvalue weighted by atomic mass is 10.2. The van der Waals surface area contributed by atoms with Crippen LogP contribution in [0, 0.1) is 0 Å². The van der Waals surface area contributed by atoms with Gasteiger partial charge in [0, 0.05) is 25.8 Å². The van der Waals surface area contributed by atoms with E-state index in [4.69, 9.17) is 16.3 Å². The summed E-state index contributed by atoms with van der Waals surface area (Å²) in [7, 11) is 1.69. The molecule has 7 heteroatoms. The summed E-state index contributed by atoms with van der Waals surface area (Å²) in [4.78, 5) is 10.4. The number of nitrogens with zero attached hydrogens (tertiary/aromatic N) is 5. The number of anilines is 1. The van der Waals surface area contributed by atoms with Gasteiger partial charge in [0.2, 0.25) is 0 Å². The highest BCUT2D eigenvalue weighted by atomic mass is 35.5. The van der Waals surface area contributed by atoms with E-state index < -0.39 is 0 Å². The number of methoxy groups -OCH3 is 1. The number of halogens is 1. The molecular formula is C12H18ClN5O. The first kappa shape index (κ1) is 14.0. The smallest absolute Gasteiger partial charge is 0.255 e. The number of fused-ring (bicyclic) bond motifs is 1. The summed E-state index contributed by atoms with van der Waals surface area (Å²) in [6, 6.07) is 2.16. The van der Waals surface area contributed by atoms with Crippen LogP contribution < -0.4 is 4.90 Å². The maximum Gasteiger partial charge on any atom is 0.255 e. The Hall–Kier alpha value is -1.40. The molecule has 19 heavy (non-hydrogen) atoms. The molecule has 6 nitrogen and oxygen atoms in total. The van der Waals surface area contributed by atoms with Crippen LogP contribution >= 0.6 is 11.6 Å². The van der Waals surface area contributed by atoms with Crippen LogP contribution in [0.4, 0.5) is 5.82 Å². The van der Waals surface area contributed by atoms with E-state index in [1.807, 2.05) is 6.07 Å². The van der Waals surface area contributed by atoms with Crippen LogP contribution in [0.1, 0.15) is 20.3 Å². The fraction of sp³-hybridized carbons (Fsp3) is 0.583. The first-order valence-electron chi connectivity index (χ1n) is 6.29. The van der Waals surface area contributed by atoms with Crippen molar-refractivity contribution < 1.29 is 4.74 Å². The zero-order chi connectivity index (χ0) is 13.8. The first-order valence-corrected chi connectivity index (χ1v) is 6.67. The fourth-order valence-electron chi connectivity index (χ4n) is 1.94. The van der Waals surface area contributed by atoms with E-state index in [1.54, 1.807) is 11.6 Å². The Kier molecular flexibility index (Phi) is 4.55. The largest absolute Gasteiger partial charge is 0.383 e. The lowest BCUT2D eigenvalue weighted by Crippen LogP contribution is -2.37. The van der Waals surface area contributed by atoms with E-state index in [9.17, 15) is 0 Å². The van der Waals surface area contributed by atoms with Crippen molar-refractivity contribution in [1.29, 1.82) is 0 Å². The SMILES string of the molecule is CCC(C)N(CCOC)c1cc(Cl)nc2ncnn12. The van der Waals surface area contributed by atoms with E-state index in [1.165, 1.54) is 6.33 Å². The van der Waals surface area contributed by atoms with Gasteiger partial charge in [0.1, 0.15) is 17.3 Å². The van der Waals surface area contributed by atoms with Crippen molar-refractivity contribution in [3.63, 3.8) is 0 Å². The average molecular weight is 284 g/mol. The summed E-state index contributed by atoms with van der Waals surface area (Å²) in [5.41, 5.74) is 0. The molecule has 0 fully saturated rings. The van der Waals surface area contributed by atoms with Crippen molar-refractivity contribution in [3.05, 3.63) is 17.5 Å². The molecule has 2 rings (SSSR count). The van der Waals surface area contributed by atoms with Crippen LogP contribution in [0.5, 0.6) is 0 Å². The Morgan fingerprint density at radius 1 is 1.53 bits per heavy atom. The zero-order valence-corrected chi connectivity index (χ0v) is 12.1. The van der Waals surface area contributed by atoms with Crippen LogP contribution in [0.2, 0.25) is 5.15 Å². The molecule has 0 radical (unpaired) electrons. The third-order valence-electron chi connectivity index (χ3n) is 3.16. The third kappa shape index (κ3) is 2.96. The molecule has 0 saturated carbocycles. The minimum Gasteiger partial charge on any atom is -0.383 e. The van der Waals surface area contributed by atoms with Gasteiger partial charge < -0.3 is 9.64 Å². The second-order valence-corrected chi connectivity index (χ2v) is 4.74. The second-order valence-electron chi connectivity index (χ2n) is 4.35. The van der Waals surface area contributed by atoms with Crippen molar-refractivity contribution in [2.45, 2.75) is 26.3 Å². The Labute approximate surface area is 117 Å². The summed E-state index contributed by atoms with van der Waals surface area (Å²) in [6.45, 7) is 5.71. The number of rotatable bonds is 6. The minimum atomic E-state index is 0.348. The molecule has 0 aliphatic rings. The van der Waals surface area contributed by atoms with Crippen molar-refractivity contribution in [3.8, 4) is 0 Å². The fourth-order valence-corrected chi connectivity index (χ4v) is 2.12. The molecule has 0 spiro atoms. The number of hydrogen-bond donors (Lipinski definition) is 0. The Balaban J connectivity index is 2.44. The monoisotopic (exact) mass is 283 g/mol. The van der Waals surface area contributed by atoms with Crippen LogP contribution in [0.3, 0.4) is 0 Å². The molecule has 0 aliphatic carbocycles. The molecule has 0 N–H and O–H groups in total. The summed E-state index contributed by atoms with van der Waals surface area (Å²) >= 11 is 6.06. The van der Waals surface area contributed by atoms with Crippen LogP contribution in [-0.4, -0.2) is 45.9 Å². The minimum absolute atomic E-state index is 0.348. The summed E-state index contributed by atoms with van der Waals surface area (Å²) < 4.78 is 6.88. The Morgan fingerprint density at radius 3 is 3.00 bits per heavy atom. The number of hydrogen-bond acceptors (Lipinski definition) is 5. The molecule has 104 valence electrons. The van der Waals surface area contributed by atoms with Gasteiger partial charge in [0.15, 0.2) is 0 Å². The van der Waals surface area contributed by atoms with Gasteiger partial charge in [-0.2, -0.15) is 19.6 Å². The van der Waals surface area contributed by atoms with Gasteiger partial charge >= 0.3 is 0 Å². The quantitative estimate of drug-likeness (QED) is 0.759. The third-order valence-corrected chi connectivity index (χ3v) is 3.35. The van der Waals surface area contributed by atoms with Crippen LogP contribution in [0.15, 0.2) is 12.4 Å². The molecule has 1 unspecified atom stereocenters. The summed E-state index contributed by atoms with van der Waals surface area (Å²) in [6.07, 6.45) is 2.49. The van der Waals surface area contributed by atoms with Crippen molar-refractivity contribution >= 4 is 23.2 Å². The lowest BCUT2D eigenvalue weighted by Gasteiger charge is -2.30. The average Bonchev–Trinajstić information content (AvgIpc) is 2.86. The second kappa shape index (κ2) is 6.16. The van der Waals surface area contributed by atoms with Crippen molar-refractivity contribution in [2.75, 3.05) is 25.2 Å². The van der Waals surface area contributed by atoms with Crippen molar-refractivity contribution in [2.24, 2.45) is 0 Å². The Bertz CT molecular complexity index is 544.